The van der Waals surface area contributed by atoms with Crippen molar-refractivity contribution in [3.8, 4) is 0 Å². The minimum Gasteiger partial charge on any atom is -0.440 e. The van der Waals surface area contributed by atoms with E-state index >= 15 is 0 Å². The summed E-state index contributed by atoms with van der Waals surface area (Å²) < 4.78 is 7.09. The smallest absolute Gasteiger partial charge is 0.414 e. The lowest BCUT2D eigenvalue weighted by Gasteiger charge is -2.51. The van der Waals surface area contributed by atoms with Gasteiger partial charge in [0.1, 0.15) is 6.54 Å². The van der Waals surface area contributed by atoms with Gasteiger partial charge >= 0.3 is 6.09 Å². The average Bonchev–Trinajstić information content (AvgIpc) is 2.64. The molecule has 3 fully saturated rings. The second kappa shape index (κ2) is 8.05. The molecule has 4 rings (SSSR count). The third-order valence-electron chi connectivity index (χ3n) is 5.83. The summed E-state index contributed by atoms with van der Waals surface area (Å²) in [5.74, 6) is 0.526. The van der Waals surface area contributed by atoms with E-state index in [2.05, 4.69) is 13.5 Å². The second-order valence-electron chi connectivity index (χ2n) is 7.54. The lowest BCUT2D eigenvalue weighted by atomic mass is 9.83. The summed E-state index contributed by atoms with van der Waals surface area (Å²) in [7, 11) is 0. The fraction of sp³-hybridized carbons (Fsp3) is 0.571. The average molecular weight is 343 g/mol. The van der Waals surface area contributed by atoms with Crippen molar-refractivity contribution in [2.24, 2.45) is 5.92 Å². The Morgan fingerprint density at radius 1 is 1.32 bits per heavy atom. The number of nitrogens with zero attached hydrogens (tertiary/aromatic N) is 2. The number of ether oxygens (including phenoxy) is 1. The van der Waals surface area contributed by atoms with Crippen LogP contribution in [0.25, 0.3) is 0 Å². The van der Waals surface area contributed by atoms with Crippen LogP contribution in [0.5, 0.6) is 0 Å². The Hall–Kier alpha value is -1.81. The molecule has 0 aromatic heterocycles. The maximum atomic E-state index is 12.9. The number of amides is 1. The number of unbranched alkanes of at least 4 members (excludes halogenated alkanes) is 1. The number of hydrogen-bond donors (Lipinski definition) is 0. The number of carbonyl (C=O) groups excluding carboxylic acids is 1. The minimum atomic E-state index is -0.185. The Kier molecular flexibility index (Phi) is 5.79. The maximum Gasteiger partial charge on any atom is 0.414 e. The summed E-state index contributed by atoms with van der Waals surface area (Å²) in [5, 5.41) is 0. The number of benzene rings is 1. The van der Waals surface area contributed by atoms with Gasteiger partial charge in [-0.1, -0.05) is 38.1 Å². The first-order valence-corrected chi connectivity index (χ1v) is 9.66. The predicted molar refractivity (Wildman–Crippen MR) is 102 cm³/mol. The second-order valence-corrected chi connectivity index (χ2v) is 7.54. The molecule has 4 heteroatoms. The fourth-order valence-electron chi connectivity index (χ4n) is 4.33. The van der Waals surface area contributed by atoms with Gasteiger partial charge in [-0.25, -0.2) is 4.79 Å². The van der Waals surface area contributed by atoms with Gasteiger partial charge in [-0.3, -0.25) is 4.90 Å². The molecule has 0 unspecified atom stereocenters. The van der Waals surface area contributed by atoms with Gasteiger partial charge in [-0.15, -0.1) is 0 Å². The van der Waals surface area contributed by atoms with Gasteiger partial charge in [0.25, 0.3) is 0 Å². The predicted octanol–water partition coefficient (Wildman–Crippen LogP) is 4.22. The maximum absolute atomic E-state index is 12.9. The van der Waals surface area contributed by atoms with Crippen molar-refractivity contribution in [2.45, 2.75) is 38.7 Å². The van der Waals surface area contributed by atoms with Crippen LogP contribution < -0.4 is 4.90 Å². The van der Waals surface area contributed by atoms with E-state index in [1.54, 1.807) is 4.90 Å². The van der Waals surface area contributed by atoms with Gasteiger partial charge in [0.05, 0.1) is 19.6 Å². The molecule has 3 aliphatic rings. The van der Waals surface area contributed by atoms with Gasteiger partial charge < -0.3 is 9.22 Å². The number of quaternary nitrogens is 1. The molecule has 0 radical (unpaired) electrons. The van der Waals surface area contributed by atoms with Crippen molar-refractivity contribution in [3.05, 3.63) is 43.0 Å². The molecule has 0 N–H and O–H groups in total. The molecule has 3 heterocycles. The Morgan fingerprint density at radius 2 is 2.04 bits per heavy atom. The van der Waals surface area contributed by atoms with Crippen molar-refractivity contribution in [1.29, 1.82) is 0 Å². The molecule has 1 aromatic rings. The summed E-state index contributed by atoms with van der Waals surface area (Å²) in [4.78, 5) is 14.7. The van der Waals surface area contributed by atoms with E-state index in [9.17, 15) is 4.79 Å². The van der Waals surface area contributed by atoms with Gasteiger partial charge in [0, 0.05) is 31.0 Å². The third-order valence-corrected chi connectivity index (χ3v) is 5.83. The first-order chi connectivity index (χ1) is 12.2. The van der Waals surface area contributed by atoms with Crippen LogP contribution in [-0.4, -0.2) is 49.4 Å². The molecule has 4 nitrogen and oxygen atoms in total. The van der Waals surface area contributed by atoms with E-state index in [0.717, 1.165) is 48.9 Å². The summed E-state index contributed by atoms with van der Waals surface area (Å²) in [6, 6.07) is 9.89. The van der Waals surface area contributed by atoms with E-state index < -0.39 is 0 Å². The van der Waals surface area contributed by atoms with Crippen LogP contribution in [0, 0.1) is 5.92 Å². The van der Waals surface area contributed by atoms with Crippen LogP contribution in [0.15, 0.2) is 43.0 Å². The fourth-order valence-corrected chi connectivity index (χ4v) is 4.33. The molecule has 3 aliphatic heterocycles. The third kappa shape index (κ3) is 4.06. The van der Waals surface area contributed by atoms with Crippen LogP contribution >= 0.6 is 0 Å². The highest BCUT2D eigenvalue weighted by Crippen LogP contribution is 2.36. The van der Waals surface area contributed by atoms with Gasteiger partial charge in [0.15, 0.2) is 6.10 Å². The molecule has 136 valence electrons. The minimum absolute atomic E-state index is 0.0442. The lowest BCUT2D eigenvalue weighted by molar-refractivity contribution is -0.941. The van der Waals surface area contributed by atoms with E-state index in [0.29, 0.717) is 12.5 Å². The number of rotatable bonds is 7. The molecule has 0 aliphatic carbocycles. The van der Waals surface area contributed by atoms with E-state index in [1.165, 1.54) is 13.1 Å². The van der Waals surface area contributed by atoms with Gasteiger partial charge in [-0.2, -0.15) is 0 Å². The molecule has 25 heavy (non-hydrogen) atoms. The molecule has 1 amide bonds. The van der Waals surface area contributed by atoms with E-state index in [1.807, 2.05) is 36.4 Å². The summed E-state index contributed by atoms with van der Waals surface area (Å²) in [5.41, 5.74) is 0.928. The number of carbonyl (C=O) groups is 1. The number of hydrogen-bond acceptors (Lipinski definition) is 2. The Labute approximate surface area is 151 Å². The number of piperidine rings is 3. The quantitative estimate of drug-likeness (QED) is 0.548. The Balaban J connectivity index is 1.69. The molecule has 1 aromatic carbocycles. The zero-order valence-corrected chi connectivity index (χ0v) is 15.4. The number of anilines is 1. The molecular weight excluding hydrogens is 312 g/mol. The van der Waals surface area contributed by atoms with Crippen LogP contribution in [0.2, 0.25) is 0 Å². The summed E-state index contributed by atoms with van der Waals surface area (Å²) in [6.45, 7) is 11.1. The van der Waals surface area contributed by atoms with Crippen molar-refractivity contribution in [1.82, 2.24) is 0 Å². The van der Waals surface area contributed by atoms with Gasteiger partial charge in [-0.05, 0) is 24.6 Å². The zero-order chi connectivity index (χ0) is 17.7. The van der Waals surface area contributed by atoms with E-state index in [4.69, 9.17) is 4.74 Å². The molecular formula is C21H31N2O2+. The highest BCUT2D eigenvalue weighted by Gasteiger charge is 2.47. The number of fused-ring (bicyclic) bond motifs is 3. The van der Waals surface area contributed by atoms with Crippen LogP contribution in [0.1, 0.15) is 32.6 Å². The molecule has 3 saturated heterocycles. The van der Waals surface area contributed by atoms with E-state index in [-0.39, 0.29) is 12.2 Å². The van der Waals surface area contributed by atoms with Crippen molar-refractivity contribution >= 4 is 11.8 Å². The van der Waals surface area contributed by atoms with Crippen molar-refractivity contribution < 1.29 is 14.0 Å². The zero-order valence-electron chi connectivity index (χ0n) is 15.4. The molecule has 1 atom stereocenters. The normalized spacial score (nSPS) is 27.7. The topological polar surface area (TPSA) is 29.5 Å². The lowest BCUT2D eigenvalue weighted by Crippen LogP contribution is -2.64. The van der Waals surface area contributed by atoms with Crippen LogP contribution in [0.3, 0.4) is 0 Å². The van der Waals surface area contributed by atoms with Crippen molar-refractivity contribution in [2.75, 3.05) is 37.6 Å². The molecule has 0 saturated carbocycles. The number of para-hydroxylation sites is 1. The first-order valence-electron chi connectivity index (χ1n) is 9.66. The molecule has 0 spiro atoms. The van der Waals surface area contributed by atoms with Crippen LogP contribution in [-0.2, 0) is 4.74 Å². The monoisotopic (exact) mass is 343 g/mol. The van der Waals surface area contributed by atoms with Gasteiger partial charge in [0.2, 0.25) is 0 Å². The van der Waals surface area contributed by atoms with Crippen LogP contribution in [0.4, 0.5) is 10.5 Å². The molecule has 2 bridgehead atoms. The largest absolute Gasteiger partial charge is 0.440 e. The van der Waals surface area contributed by atoms with Crippen molar-refractivity contribution in [3.63, 3.8) is 0 Å². The highest BCUT2D eigenvalue weighted by molar-refractivity contribution is 5.87. The first kappa shape index (κ1) is 18.0. The summed E-state index contributed by atoms with van der Waals surface area (Å²) >= 11 is 0. The Morgan fingerprint density at radius 3 is 2.68 bits per heavy atom. The SMILES string of the molecule is C=CC[N+]12CCC(CC1)[C@@H](OC(=O)N(CCCC)c1ccccc1)C2. The summed E-state index contributed by atoms with van der Waals surface area (Å²) in [6.07, 6.45) is 6.23. The highest BCUT2D eigenvalue weighted by atomic mass is 16.6. The Bertz CT molecular complexity index is 579. The standard InChI is InChI=1S/C21H31N2O2/c1-3-5-13-22(19-9-7-6-8-10-19)21(24)25-20-17-23(14-4-2)15-11-18(20)12-16-23/h4,6-10,18,20H,2-3,5,11-17H2,1H3/q+1/t18?,20-,23?/m0/s1.